The first-order valence-electron chi connectivity index (χ1n) is 4.27. The molecule has 0 spiro atoms. The predicted octanol–water partition coefficient (Wildman–Crippen LogP) is -1.15. The van der Waals surface area contributed by atoms with E-state index < -0.39 is 6.04 Å². The summed E-state index contributed by atoms with van der Waals surface area (Å²) in [5.41, 5.74) is 5.53. The molecule has 0 rings (SSSR count). The summed E-state index contributed by atoms with van der Waals surface area (Å²) in [7, 11) is 1.56. The van der Waals surface area contributed by atoms with E-state index in [-0.39, 0.29) is 18.6 Å². The monoisotopic (exact) mass is 190 g/mol. The zero-order valence-corrected chi connectivity index (χ0v) is 8.12. The Morgan fingerprint density at radius 3 is 2.77 bits per heavy atom. The molecule has 0 aliphatic carbocycles. The summed E-state index contributed by atoms with van der Waals surface area (Å²) in [6.45, 7) is 2.09. The van der Waals surface area contributed by atoms with Gasteiger partial charge in [-0.2, -0.15) is 0 Å². The number of methoxy groups -OCH3 is 1. The molecule has 0 saturated heterocycles. The highest BCUT2D eigenvalue weighted by atomic mass is 16.5. The molecular formula is C8H18N2O3. The molecule has 0 aromatic heterocycles. The molecule has 2 atom stereocenters. The first-order chi connectivity index (χ1) is 6.11. The first-order valence-corrected chi connectivity index (χ1v) is 4.27. The van der Waals surface area contributed by atoms with Crippen molar-refractivity contribution in [1.29, 1.82) is 0 Å². The number of carbonyl (C=O) groups is 1. The minimum Gasteiger partial charge on any atom is -0.394 e. The number of nitrogens with one attached hydrogen (secondary N) is 1. The van der Waals surface area contributed by atoms with Gasteiger partial charge in [0.25, 0.3) is 0 Å². The molecule has 0 aromatic carbocycles. The van der Waals surface area contributed by atoms with Gasteiger partial charge in [0, 0.05) is 19.8 Å². The number of hydrogen-bond acceptors (Lipinski definition) is 4. The fourth-order valence-electron chi connectivity index (χ4n) is 0.771. The van der Waals surface area contributed by atoms with Crippen LogP contribution in [0, 0.1) is 0 Å². The molecule has 1 unspecified atom stereocenters. The van der Waals surface area contributed by atoms with Crippen LogP contribution in [-0.4, -0.2) is 43.4 Å². The number of rotatable bonds is 6. The highest BCUT2D eigenvalue weighted by molar-refractivity contribution is 5.81. The fraction of sp³-hybridized carbons (Fsp3) is 0.875. The van der Waals surface area contributed by atoms with Gasteiger partial charge in [0.15, 0.2) is 0 Å². The number of amides is 1. The van der Waals surface area contributed by atoms with E-state index in [2.05, 4.69) is 5.32 Å². The molecule has 0 radical (unpaired) electrons. The second-order valence-electron chi connectivity index (χ2n) is 2.98. The van der Waals surface area contributed by atoms with E-state index in [9.17, 15) is 4.79 Å². The SMILES string of the molecule is COCCC(N)C(=O)N[C@@H](C)CO. The number of nitrogens with two attached hydrogens (primary N) is 1. The maximum Gasteiger partial charge on any atom is 0.237 e. The van der Waals surface area contributed by atoms with Gasteiger partial charge in [-0.3, -0.25) is 4.79 Å². The van der Waals surface area contributed by atoms with Crippen molar-refractivity contribution in [3.63, 3.8) is 0 Å². The van der Waals surface area contributed by atoms with Crippen LogP contribution in [0.3, 0.4) is 0 Å². The van der Waals surface area contributed by atoms with Crippen LogP contribution >= 0.6 is 0 Å². The van der Waals surface area contributed by atoms with Crippen molar-refractivity contribution < 1.29 is 14.6 Å². The maximum absolute atomic E-state index is 11.2. The molecule has 0 bridgehead atoms. The second-order valence-corrected chi connectivity index (χ2v) is 2.98. The van der Waals surface area contributed by atoms with E-state index in [0.29, 0.717) is 13.0 Å². The molecule has 0 heterocycles. The maximum atomic E-state index is 11.2. The summed E-state index contributed by atoms with van der Waals surface area (Å²) >= 11 is 0. The summed E-state index contributed by atoms with van der Waals surface area (Å²) in [4.78, 5) is 11.2. The molecule has 78 valence electrons. The first kappa shape index (κ1) is 12.3. The summed E-state index contributed by atoms with van der Waals surface area (Å²) in [6.07, 6.45) is 0.487. The van der Waals surface area contributed by atoms with Gasteiger partial charge >= 0.3 is 0 Å². The standard InChI is InChI=1S/C8H18N2O3/c1-6(5-11)10-8(12)7(9)3-4-13-2/h6-7,11H,3-5,9H2,1-2H3,(H,10,12)/t6-,7?/m0/s1. The topological polar surface area (TPSA) is 84.6 Å². The Morgan fingerprint density at radius 1 is 1.69 bits per heavy atom. The van der Waals surface area contributed by atoms with Crippen LogP contribution in [0.25, 0.3) is 0 Å². The zero-order valence-electron chi connectivity index (χ0n) is 8.12. The summed E-state index contributed by atoms with van der Waals surface area (Å²) in [5.74, 6) is -0.251. The minimum absolute atomic E-state index is 0.0806. The Hall–Kier alpha value is -0.650. The lowest BCUT2D eigenvalue weighted by atomic mass is 10.2. The smallest absolute Gasteiger partial charge is 0.237 e. The van der Waals surface area contributed by atoms with E-state index in [4.69, 9.17) is 15.6 Å². The Kier molecular flexibility index (Phi) is 6.48. The van der Waals surface area contributed by atoms with Gasteiger partial charge in [0.05, 0.1) is 12.6 Å². The predicted molar refractivity (Wildman–Crippen MR) is 49.2 cm³/mol. The van der Waals surface area contributed by atoms with Crippen LogP contribution in [0.5, 0.6) is 0 Å². The van der Waals surface area contributed by atoms with Crippen molar-refractivity contribution in [2.24, 2.45) is 5.73 Å². The molecule has 0 aliphatic heterocycles. The third-order valence-corrected chi connectivity index (χ3v) is 1.63. The van der Waals surface area contributed by atoms with Crippen molar-refractivity contribution in [3.05, 3.63) is 0 Å². The molecule has 4 N–H and O–H groups in total. The molecule has 1 amide bonds. The van der Waals surface area contributed by atoms with Gasteiger partial charge in [-0.05, 0) is 13.3 Å². The fourth-order valence-corrected chi connectivity index (χ4v) is 0.771. The Morgan fingerprint density at radius 2 is 2.31 bits per heavy atom. The Bertz CT molecular complexity index is 152. The van der Waals surface area contributed by atoms with Gasteiger partial charge in [-0.15, -0.1) is 0 Å². The van der Waals surface area contributed by atoms with Crippen LogP contribution in [-0.2, 0) is 9.53 Å². The van der Waals surface area contributed by atoms with Crippen molar-refractivity contribution >= 4 is 5.91 Å². The lowest BCUT2D eigenvalue weighted by molar-refractivity contribution is -0.123. The highest BCUT2D eigenvalue weighted by Crippen LogP contribution is 1.90. The van der Waals surface area contributed by atoms with E-state index in [1.54, 1.807) is 14.0 Å². The van der Waals surface area contributed by atoms with Crippen LogP contribution in [0.4, 0.5) is 0 Å². The van der Waals surface area contributed by atoms with E-state index in [1.807, 2.05) is 0 Å². The molecule has 0 fully saturated rings. The van der Waals surface area contributed by atoms with Gasteiger partial charge in [-0.25, -0.2) is 0 Å². The van der Waals surface area contributed by atoms with Crippen molar-refractivity contribution in [3.8, 4) is 0 Å². The van der Waals surface area contributed by atoms with Crippen molar-refractivity contribution in [1.82, 2.24) is 5.32 Å². The minimum atomic E-state index is -0.561. The lowest BCUT2D eigenvalue weighted by Crippen LogP contribution is -2.45. The number of aliphatic hydroxyl groups excluding tert-OH is 1. The van der Waals surface area contributed by atoms with Gasteiger partial charge in [0.1, 0.15) is 0 Å². The van der Waals surface area contributed by atoms with Gasteiger partial charge in [0.2, 0.25) is 5.91 Å². The third-order valence-electron chi connectivity index (χ3n) is 1.63. The molecule has 0 aliphatic rings. The number of ether oxygens (including phenoxy) is 1. The number of carbonyl (C=O) groups excluding carboxylic acids is 1. The quantitative estimate of drug-likeness (QED) is 0.493. The van der Waals surface area contributed by atoms with Crippen LogP contribution in [0.1, 0.15) is 13.3 Å². The molecule has 13 heavy (non-hydrogen) atoms. The number of hydrogen-bond donors (Lipinski definition) is 3. The van der Waals surface area contributed by atoms with Crippen molar-refractivity contribution in [2.45, 2.75) is 25.4 Å². The number of aliphatic hydroxyl groups is 1. The van der Waals surface area contributed by atoms with Gasteiger partial charge < -0.3 is 20.9 Å². The molecule has 5 nitrogen and oxygen atoms in total. The normalized spacial score (nSPS) is 15.1. The molecular weight excluding hydrogens is 172 g/mol. The molecule has 0 saturated carbocycles. The molecule has 0 aromatic rings. The van der Waals surface area contributed by atoms with E-state index in [0.717, 1.165) is 0 Å². The summed E-state index contributed by atoms with van der Waals surface area (Å²) in [5, 5.41) is 11.2. The van der Waals surface area contributed by atoms with Gasteiger partial charge in [-0.1, -0.05) is 0 Å². The lowest BCUT2D eigenvalue weighted by Gasteiger charge is -2.15. The Labute approximate surface area is 78.3 Å². The summed E-state index contributed by atoms with van der Waals surface area (Å²) in [6, 6.07) is -0.810. The van der Waals surface area contributed by atoms with Crippen LogP contribution in [0.2, 0.25) is 0 Å². The largest absolute Gasteiger partial charge is 0.394 e. The van der Waals surface area contributed by atoms with Crippen LogP contribution in [0.15, 0.2) is 0 Å². The van der Waals surface area contributed by atoms with E-state index in [1.165, 1.54) is 0 Å². The summed E-state index contributed by atoms with van der Waals surface area (Å²) < 4.78 is 4.78. The highest BCUT2D eigenvalue weighted by Gasteiger charge is 2.14. The average molecular weight is 190 g/mol. The van der Waals surface area contributed by atoms with E-state index >= 15 is 0 Å². The molecule has 5 heteroatoms. The van der Waals surface area contributed by atoms with Crippen LogP contribution < -0.4 is 11.1 Å². The third kappa shape index (κ3) is 5.57. The average Bonchev–Trinajstić information content (AvgIpc) is 2.13. The Balaban J connectivity index is 3.68. The second kappa shape index (κ2) is 6.82. The van der Waals surface area contributed by atoms with Crippen molar-refractivity contribution in [2.75, 3.05) is 20.3 Å². The zero-order chi connectivity index (χ0) is 10.3.